The zero-order valence-corrected chi connectivity index (χ0v) is 11.9. The molecule has 0 aromatic rings. The van der Waals surface area contributed by atoms with E-state index < -0.39 is 0 Å². The molecule has 0 spiro atoms. The van der Waals surface area contributed by atoms with E-state index in [-0.39, 0.29) is 0 Å². The molecule has 0 aromatic heterocycles. The first-order valence-corrected chi connectivity index (χ1v) is 7.89. The minimum atomic E-state index is 0.476. The molecule has 5 heteroatoms. The van der Waals surface area contributed by atoms with Crippen LogP contribution < -0.4 is 5.43 Å². The molecular formula is C10H20N2S3. The number of hydrazine groups is 1. The Hall–Kier alpha value is 0.550. The average Bonchev–Trinajstić information content (AvgIpc) is 2.51. The fraction of sp³-hybridized carbons (Fsp3) is 0.900. The highest BCUT2D eigenvalue weighted by atomic mass is 32.2. The number of rotatable bonds is 7. The van der Waals surface area contributed by atoms with Crippen molar-refractivity contribution in [2.75, 3.05) is 12.8 Å². The SMILES string of the molecule is CCCCCCCSC1SC(=S)NN1C. The Balaban J connectivity index is 1.98. The fourth-order valence-electron chi connectivity index (χ4n) is 1.43. The Kier molecular flexibility index (Phi) is 7.05. The lowest BCUT2D eigenvalue weighted by molar-refractivity contribution is 0.343. The number of thiocarbonyl (C=S) groups is 1. The normalized spacial score (nSPS) is 22.0. The monoisotopic (exact) mass is 264 g/mol. The van der Waals surface area contributed by atoms with Gasteiger partial charge < -0.3 is 5.43 Å². The number of unbranched alkanes of at least 4 members (excludes halogenated alkanes) is 4. The third-order valence-corrected chi connectivity index (χ3v) is 5.33. The predicted molar refractivity (Wildman–Crippen MR) is 76.1 cm³/mol. The van der Waals surface area contributed by atoms with Crippen molar-refractivity contribution in [3.8, 4) is 0 Å². The van der Waals surface area contributed by atoms with E-state index in [0.29, 0.717) is 4.71 Å². The van der Waals surface area contributed by atoms with Gasteiger partial charge in [-0.2, -0.15) is 0 Å². The lowest BCUT2D eigenvalue weighted by Crippen LogP contribution is -2.32. The van der Waals surface area contributed by atoms with Gasteiger partial charge in [0.15, 0.2) is 4.32 Å². The molecule has 0 aromatic carbocycles. The van der Waals surface area contributed by atoms with Crippen molar-refractivity contribution < 1.29 is 0 Å². The molecule has 0 bridgehead atoms. The van der Waals surface area contributed by atoms with Crippen molar-refractivity contribution in [2.24, 2.45) is 0 Å². The summed E-state index contributed by atoms with van der Waals surface area (Å²) in [6.45, 7) is 2.26. The van der Waals surface area contributed by atoms with Crippen LogP contribution in [0.2, 0.25) is 0 Å². The minimum absolute atomic E-state index is 0.476. The fourth-order valence-corrected chi connectivity index (χ4v) is 4.32. The maximum absolute atomic E-state index is 5.11. The highest BCUT2D eigenvalue weighted by Crippen LogP contribution is 2.31. The number of nitrogens with zero attached hydrogens (tertiary/aromatic N) is 1. The molecule has 1 atom stereocenters. The van der Waals surface area contributed by atoms with E-state index in [1.54, 1.807) is 11.8 Å². The first-order chi connectivity index (χ1) is 7.24. The van der Waals surface area contributed by atoms with Crippen LogP contribution in [0, 0.1) is 0 Å². The molecule has 1 aliphatic heterocycles. The second-order valence-electron chi connectivity index (χ2n) is 3.72. The maximum Gasteiger partial charge on any atom is 0.150 e. The Morgan fingerprint density at radius 1 is 1.40 bits per heavy atom. The summed E-state index contributed by atoms with van der Waals surface area (Å²) in [5.74, 6) is 1.25. The van der Waals surface area contributed by atoms with Gasteiger partial charge in [-0.15, -0.1) is 11.8 Å². The molecule has 0 saturated carbocycles. The summed E-state index contributed by atoms with van der Waals surface area (Å²) in [6, 6.07) is 0. The summed E-state index contributed by atoms with van der Waals surface area (Å²) >= 11 is 8.85. The highest BCUT2D eigenvalue weighted by Gasteiger charge is 2.25. The molecule has 0 aliphatic carbocycles. The van der Waals surface area contributed by atoms with E-state index in [2.05, 4.69) is 24.4 Å². The lowest BCUT2D eigenvalue weighted by atomic mass is 10.2. The van der Waals surface area contributed by atoms with E-state index in [9.17, 15) is 0 Å². The molecule has 1 N–H and O–H groups in total. The molecule has 1 aliphatic rings. The predicted octanol–water partition coefficient (Wildman–Crippen LogP) is 3.44. The molecule has 15 heavy (non-hydrogen) atoms. The van der Waals surface area contributed by atoms with Crippen LogP contribution in [0.5, 0.6) is 0 Å². The topological polar surface area (TPSA) is 15.3 Å². The van der Waals surface area contributed by atoms with Gasteiger partial charge in [0.2, 0.25) is 0 Å². The summed E-state index contributed by atoms with van der Waals surface area (Å²) in [7, 11) is 2.06. The Bertz CT molecular complexity index is 199. The molecule has 1 heterocycles. The van der Waals surface area contributed by atoms with Crippen LogP contribution >= 0.6 is 35.7 Å². The van der Waals surface area contributed by atoms with E-state index in [4.69, 9.17) is 12.2 Å². The van der Waals surface area contributed by atoms with Crippen LogP contribution in [-0.2, 0) is 0 Å². The second kappa shape index (κ2) is 7.76. The van der Waals surface area contributed by atoms with Gasteiger partial charge in [-0.25, -0.2) is 5.01 Å². The quantitative estimate of drug-likeness (QED) is 0.558. The van der Waals surface area contributed by atoms with Crippen molar-refractivity contribution >= 4 is 40.1 Å². The minimum Gasteiger partial charge on any atom is -0.302 e. The summed E-state index contributed by atoms with van der Waals surface area (Å²) in [4.78, 5) is 0. The Morgan fingerprint density at radius 2 is 2.13 bits per heavy atom. The molecule has 0 amide bonds. The van der Waals surface area contributed by atoms with Gasteiger partial charge in [0, 0.05) is 7.05 Å². The first-order valence-electron chi connectivity index (χ1n) is 5.55. The molecule has 1 saturated heterocycles. The first kappa shape index (κ1) is 13.6. The van der Waals surface area contributed by atoms with Crippen LogP contribution in [0.15, 0.2) is 0 Å². The van der Waals surface area contributed by atoms with Gasteiger partial charge in [-0.05, 0) is 12.2 Å². The van der Waals surface area contributed by atoms with E-state index >= 15 is 0 Å². The van der Waals surface area contributed by atoms with Crippen molar-refractivity contribution in [3.63, 3.8) is 0 Å². The maximum atomic E-state index is 5.11. The molecule has 88 valence electrons. The van der Waals surface area contributed by atoms with Gasteiger partial charge in [0.05, 0.1) is 0 Å². The third-order valence-electron chi connectivity index (χ3n) is 2.30. The zero-order chi connectivity index (χ0) is 11.1. The highest BCUT2D eigenvalue weighted by molar-refractivity contribution is 8.30. The summed E-state index contributed by atoms with van der Waals surface area (Å²) in [5, 5.41) is 2.10. The Morgan fingerprint density at radius 3 is 2.73 bits per heavy atom. The lowest BCUT2D eigenvalue weighted by Gasteiger charge is -2.16. The molecule has 2 nitrogen and oxygen atoms in total. The number of nitrogens with one attached hydrogen (secondary N) is 1. The number of hydrogen-bond acceptors (Lipinski definition) is 4. The smallest absolute Gasteiger partial charge is 0.150 e. The van der Waals surface area contributed by atoms with Crippen LogP contribution in [0.3, 0.4) is 0 Å². The van der Waals surface area contributed by atoms with Gasteiger partial charge in [-0.1, -0.05) is 56.6 Å². The van der Waals surface area contributed by atoms with Crippen LogP contribution in [-0.4, -0.2) is 26.8 Å². The van der Waals surface area contributed by atoms with Gasteiger partial charge in [-0.3, -0.25) is 0 Å². The van der Waals surface area contributed by atoms with E-state index in [1.807, 2.05) is 11.8 Å². The van der Waals surface area contributed by atoms with Crippen molar-refractivity contribution in [2.45, 2.75) is 43.7 Å². The summed E-state index contributed by atoms with van der Waals surface area (Å²) in [5.41, 5.74) is 3.13. The molecule has 1 unspecified atom stereocenters. The second-order valence-corrected chi connectivity index (χ2v) is 6.96. The van der Waals surface area contributed by atoms with Crippen LogP contribution in [0.1, 0.15) is 39.0 Å². The number of thioether (sulfide) groups is 2. The Labute approximate surface area is 107 Å². The van der Waals surface area contributed by atoms with Crippen LogP contribution in [0.4, 0.5) is 0 Å². The molecule has 1 fully saturated rings. The zero-order valence-electron chi connectivity index (χ0n) is 9.49. The standard InChI is InChI=1S/C10H20N2S3/c1-3-4-5-6-7-8-14-10-12(2)11-9(13)15-10/h10H,3-8H2,1-2H3,(H,11,13). The largest absolute Gasteiger partial charge is 0.302 e. The van der Waals surface area contributed by atoms with E-state index in [0.717, 1.165) is 4.32 Å². The van der Waals surface area contributed by atoms with E-state index in [1.165, 1.54) is 37.9 Å². The van der Waals surface area contributed by atoms with Gasteiger partial charge in [0.25, 0.3) is 0 Å². The van der Waals surface area contributed by atoms with Crippen molar-refractivity contribution in [1.82, 2.24) is 10.4 Å². The number of hydrogen-bond donors (Lipinski definition) is 1. The summed E-state index contributed by atoms with van der Waals surface area (Å²) in [6.07, 6.45) is 6.81. The molecule has 0 radical (unpaired) electrons. The third kappa shape index (κ3) is 5.43. The van der Waals surface area contributed by atoms with Crippen LogP contribution in [0.25, 0.3) is 0 Å². The van der Waals surface area contributed by atoms with Gasteiger partial charge >= 0.3 is 0 Å². The van der Waals surface area contributed by atoms with Gasteiger partial charge in [0.1, 0.15) is 4.71 Å². The average molecular weight is 264 g/mol. The van der Waals surface area contributed by atoms with Crippen molar-refractivity contribution in [1.29, 1.82) is 0 Å². The molecule has 1 rings (SSSR count). The van der Waals surface area contributed by atoms with Crippen molar-refractivity contribution in [3.05, 3.63) is 0 Å². The summed E-state index contributed by atoms with van der Waals surface area (Å²) < 4.78 is 1.38. The molecular weight excluding hydrogens is 244 g/mol.